The van der Waals surface area contributed by atoms with Crippen molar-refractivity contribution in [2.75, 3.05) is 12.8 Å². The van der Waals surface area contributed by atoms with E-state index in [1.807, 2.05) is 36.4 Å². The van der Waals surface area contributed by atoms with Gasteiger partial charge in [-0.3, -0.25) is 4.79 Å². The molecule has 0 spiro atoms. The number of methoxy groups -OCH3 is 1. The molecule has 2 aromatic rings. The largest absolute Gasteiger partial charge is 0.469 e. The minimum Gasteiger partial charge on any atom is -0.469 e. The highest BCUT2D eigenvalue weighted by Crippen LogP contribution is 2.23. The lowest BCUT2D eigenvalue weighted by molar-refractivity contribution is -0.140. The monoisotopic (exact) mass is 282 g/mol. The fourth-order valence-electron chi connectivity index (χ4n) is 1.89. The van der Waals surface area contributed by atoms with Crippen LogP contribution in [0.4, 0.5) is 5.82 Å². The highest BCUT2D eigenvalue weighted by atomic mass is 16.5. The van der Waals surface area contributed by atoms with E-state index in [9.17, 15) is 4.79 Å². The molecule has 1 heterocycles. The maximum absolute atomic E-state index is 11.3. The summed E-state index contributed by atoms with van der Waals surface area (Å²) in [5.74, 6) is -0.260. The van der Waals surface area contributed by atoms with Crippen molar-refractivity contribution in [1.29, 1.82) is 5.26 Å². The van der Waals surface area contributed by atoms with Gasteiger partial charge in [-0.05, 0) is 0 Å². The van der Waals surface area contributed by atoms with E-state index < -0.39 is 0 Å². The van der Waals surface area contributed by atoms with Crippen LogP contribution in [0, 0.1) is 11.3 Å². The molecule has 0 fully saturated rings. The molecule has 0 amide bonds. The molecule has 0 aliphatic carbocycles. The average Bonchev–Trinajstić information content (AvgIpc) is 2.53. The minimum absolute atomic E-state index is 0.0644. The molecule has 0 saturated heterocycles. The second-order valence-electron chi connectivity index (χ2n) is 4.31. The second-order valence-corrected chi connectivity index (χ2v) is 4.31. The summed E-state index contributed by atoms with van der Waals surface area (Å²) >= 11 is 0. The van der Waals surface area contributed by atoms with Gasteiger partial charge in [0.2, 0.25) is 0 Å². The zero-order chi connectivity index (χ0) is 15.2. The van der Waals surface area contributed by atoms with Crippen molar-refractivity contribution in [3.8, 4) is 17.3 Å². The predicted octanol–water partition coefficient (Wildman–Crippen LogP) is 1.70. The quantitative estimate of drug-likeness (QED) is 0.856. The number of aromatic nitrogens is 2. The summed E-state index contributed by atoms with van der Waals surface area (Å²) in [4.78, 5) is 19.8. The van der Waals surface area contributed by atoms with Crippen molar-refractivity contribution in [3.05, 3.63) is 41.7 Å². The van der Waals surface area contributed by atoms with Crippen LogP contribution in [0.1, 0.15) is 17.8 Å². The number of hydrogen-bond donors (Lipinski definition) is 1. The fourth-order valence-corrected chi connectivity index (χ4v) is 1.89. The van der Waals surface area contributed by atoms with Gasteiger partial charge in [0.15, 0.2) is 11.5 Å². The highest BCUT2D eigenvalue weighted by molar-refractivity contribution is 5.71. The first kappa shape index (κ1) is 14.5. The molecule has 1 aromatic carbocycles. The highest BCUT2D eigenvalue weighted by Gasteiger charge is 2.14. The van der Waals surface area contributed by atoms with Crippen molar-refractivity contribution in [2.24, 2.45) is 0 Å². The van der Waals surface area contributed by atoms with Crippen LogP contribution in [-0.2, 0) is 16.0 Å². The lowest BCUT2D eigenvalue weighted by Gasteiger charge is -2.09. The van der Waals surface area contributed by atoms with E-state index in [0.717, 1.165) is 5.56 Å². The normalized spacial score (nSPS) is 9.90. The topological polar surface area (TPSA) is 102 Å². The molecule has 2 N–H and O–H groups in total. The molecule has 0 aliphatic heterocycles. The molecule has 0 radical (unpaired) electrons. The number of carbonyl (C=O) groups excluding carboxylic acids is 1. The number of nitriles is 1. The summed E-state index contributed by atoms with van der Waals surface area (Å²) in [6.45, 7) is 0. The number of hydrogen-bond acceptors (Lipinski definition) is 6. The van der Waals surface area contributed by atoms with Gasteiger partial charge in [0.25, 0.3) is 0 Å². The number of esters is 1. The maximum Gasteiger partial charge on any atom is 0.305 e. The molecule has 0 bridgehead atoms. The van der Waals surface area contributed by atoms with Gasteiger partial charge in [-0.2, -0.15) is 5.26 Å². The first-order valence-corrected chi connectivity index (χ1v) is 6.34. The van der Waals surface area contributed by atoms with Crippen LogP contribution in [0.3, 0.4) is 0 Å². The summed E-state index contributed by atoms with van der Waals surface area (Å²) in [6.07, 6.45) is 0.499. The van der Waals surface area contributed by atoms with Crippen molar-refractivity contribution >= 4 is 11.8 Å². The summed E-state index contributed by atoms with van der Waals surface area (Å²) in [5, 5.41) is 9.00. The van der Waals surface area contributed by atoms with Crippen molar-refractivity contribution in [3.63, 3.8) is 0 Å². The Morgan fingerprint density at radius 1 is 1.33 bits per heavy atom. The SMILES string of the molecule is COC(=O)CCc1nc(C#N)c(N)nc1-c1ccccc1. The molecule has 21 heavy (non-hydrogen) atoms. The van der Waals surface area contributed by atoms with Crippen LogP contribution in [0.25, 0.3) is 11.3 Å². The van der Waals surface area contributed by atoms with E-state index in [1.54, 1.807) is 0 Å². The number of anilines is 1. The molecule has 6 nitrogen and oxygen atoms in total. The Bertz CT molecular complexity index is 693. The van der Waals surface area contributed by atoms with Crippen LogP contribution in [0.5, 0.6) is 0 Å². The molecule has 0 saturated carbocycles. The Labute approximate surface area is 122 Å². The number of nitrogen functional groups attached to an aromatic ring is 1. The average molecular weight is 282 g/mol. The van der Waals surface area contributed by atoms with Gasteiger partial charge in [-0.25, -0.2) is 9.97 Å². The van der Waals surface area contributed by atoms with Crippen molar-refractivity contribution < 1.29 is 9.53 Å². The Morgan fingerprint density at radius 3 is 2.67 bits per heavy atom. The van der Waals surface area contributed by atoms with Crippen molar-refractivity contribution in [2.45, 2.75) is 12.8 Å². The number of nitrogens with two attached hydrogens (primary N) is 1. The third-order valence-electron chi connectivity index (χ3n) is 2.94. The standard InChI is InChI=1S/C15H14N4O2/c1-21-13(20)8-7-11-14(10-5-3-2-4-6-10)19-15(17)12(9-16)18-11/h2-6H,7-8H2,1H3,(H2,17,19). The Balaban J connectivity index is 2.45. The molecular formula is C15H14N4O2. The van der Waals surface area contributed by atoms with E-state index in [1.165, 1.54) is 7.11 Å². The van der Waals surface area contributed by atoms with Gasteiger partial charge in [-0.15, -0.1) is 0 Å². The number of aryl methyl sites for hydroxylation is 1. The van der Waals surface area contributed by atoms with Gasteiger partial charge < -0.3 is 10.5 Å². The zero-order valence-corrected chi connectivity index (χ0v) is 11.5. The van der Waals surface area contributed by atoms with Crippen LogP contribution in [0.2, 0.25) is 0 Å². The van der Waals surface area contributed by atoms with Crippen LogP contribution in [-0.4, -0.2) is 23.0 Å². The zero-order valence-electron chi connectivity index (χ0n) is 11.5. The number of nitrogens with zero attached hydrogens (tertiary/aromatic N) is 3. The number of rotatable bonds is 4. The summed E-state index contributed by atoms with van der Waals surface area (Å²) < 4.78 is 4.62. The number of benzene rings is 1. The molecule has 6 heteroatoms. The molecule has 2 rings (SSSR count). The summed E-state index contributed by atoms with van der Waals surface area (Å²) in [6, 6.07) is 11.3. The lowest BCUT2D eigenvalue weighted by Crippen LogP contribution is -2.08. The maximum atomic E-state index is 11.3. The molecule has 1 aromatic heterocycles. The first-order valence-electron chi connectivity index (χ1n) is 6.34. The molecule has 0 aliphatic rings. The Hall–Kier alpha value is -2.94. The van der Waals surface area contributed by atoms with Crippen LogP contribution >= 0.6 is 0 Å². The minimum atomic E-state index is -0.342. The van der Waals surface area contributed by atoms with E-state index in [-0.39, 0.29) is 23.9 Å². The van der Waals surface area contributed by atoms with E-state index >= 15 is 0 Å². The smallest absolute Gasteiger partial charge is 0.305 e. The molecule has 106 valence electrons. The third-order valence-corrected chi connectivity index (χ3v) is 2.94. The first-order chi connectivity index (χ1) is 10.2. The van der Waals surface area contributed by atoms with Gasteiger partial charge >= 0.3 is 5.97 Å². The van der Waals surface area contributed by atoms with Crippen LogP contribution in [0.15, 0.2) is 30.3 Å². The van der Waals surface area contributed by atoms with E-state index in [2.05, 4.69) is 14.7 Å². The van der Waals surface area contributed by atoms with E-state index in [0.29, 0.717) is 17.8 Å². The lowest BCUT2D eigenvalue weighted by atomic mass is 10.1. The second kappa shape index (κ2) is 6.48. The Morgan fingerprint density at radius 2 is 2.05 bits per heavy atom. The molecule has 0 unspecified atom stereocenters. The van der Waals surface area contributed by atoms with Gasteiger partial charge in [0, 0.05) is 12.0 Å². The van der Waals surface area contributed by atoms with Crippen molar-refractivity contribution in [1.82, 2.24) is 9.97 Å². The third kappa shape index (κ3) is 3.34. The molecular weight excluding hydrogens is 268 g/mol. The molecule has 0 atom stereocenters. The van der Waals surface area contributed by atoms with E-state index in [4.69, 9.17) is 11.0 Å². The number of ether oxygens (including phenoxy) is 1. The fraction of sp³-hybridized carbons (Fsp3) is 0.200. The summed E-state index contributed by atoms with van der Waals surface area (Å²) in [7, 11) is 1.33. The van der Waals surface area contributed by atoms with Gasteiger partial charge in [-0.1, -0.05) is 30.3 Å². The Kier molecular flexibility index (Phi) is 4.46. The summed E-state index contributed by atoms with van der Waals surface area (Å²) in [5.41, 5.74) is 7.76. The van der Waals surface area contributed by atoms with Crippen LogP contribution < -0.4 is 5.73 Å². The predicted molar refractivity (Wildman–Crippen MR) is 76.9 cm³/mol. The van der Waals surface area contributed by atoms with Gasteiger partial charge in [0.05, 0.1) is 24.9 Å². The van der Waals surface area contributed by atoms with Gasteiger partial charge in [0.1, 0.15) is 6.07 Å². The number of carbonyl (C=O) groups is 1.